The van der Waals surface area contributed by atoms with E-state index in [2.05, 4.69) is 5.16 Å². The Hall–Kier alpha value is -1.17. The number of nitrogens with zero attached hydrogens (tertiary/aromatic N) is 1. The molecular formula is C9H15NO4S. The lowest BCUT2D eigenvalue weighted by Gasteiger charge is -1.88. The van der Waals surface area contributed by atoms with Crippen molar-refractivity contribution in [3.8, 4) is 0 Å². The summed E-state index contributed by atoms with van der Waals surface area (Å²) in [5.74, 6) is 0.612. The molecule has 1 rings (SSSR count). The summed E-state index contributed by atoms with van der Waals surface area (Å²) in [6.45, 7) is 5.00. The lowest BCUT2D eigenvalue weighted by Crippen LogP contribution is -1.94. The molecule has 0 fully saturated rings. The van der Waals surface area contributed by atoms with Crippen LogP contribution in [0, 0.1) is 13.8 Å². The van der Waals surface area contributed by atoms with E-state index >= 15 is 0 Å². The molecule has 5 nitrogen and oxygen atoms in total. The molecule has 0 saturated heterocycles. The highest BCUT2D eigenvalue weighted by Crippen LogP contribution is 2.11. The molecule has 1 heterocycles. The summed E-state index contributed by atoms with van der Waals surface area (Å²) < 4.78 is 24.0. The molecule has 0 bridgehead atoms. The fourth-order valence-electron chi connectivity index (χ4n) is 0.986. The molecule has 15 heavy (non-hydrogen) atoms. The molecular weight excluding hydrogens is 218 g/mol. The Labute approximate surface area is 89.4 Å². The van der Waals surface area contributed by atoms with E-state index in [4.69, 9.17) is 4.52 Å². The minimum atomic E-state index is -2.67. The summed E-state index contributed by atoms with van der Waals surface area (Å²) in [4.78, 5) is 10.8. The van der Waals surface area contributed by atoms with E-state index in [0.29, 0.717) is 17.0 Å². The summed E-state index contributed by atoms with van der Waals surface area (Å²) >= 11 is 0. The Morgan fingerprint density at radius 2 is 1.67 bits per heavy atom. The summed E-state index contributed by atoms with van der Waals surface area (Å²) in [5.41, 5.74) is 1.28. The number of aromatic nitrogens is 1. The predicted molar refractivity (Wildman–Crippen MR) is 56.7 cm³/mol. The van der Waals surface area contributed by atoms with Crippen LogP contribution in [0.4, 0.5) is 0 Å². The van der Waals surface area contributed by atoms with E-state index in [-0.39, 0.29) is 5.78 Å². The third-order valence-corrected chi connectivity index (χ3v) is 1.39. The number of sulfone groups is 1. The Morgan fingerprint density at radius 1 is 1.27 bits per heavy atom. The Kier molecular flexibility index (Phi) is 4.67. The van der Waals surface area contributed by atoms with Crippen molar-refractivity contribution in [2.75, 3.05) is 12.5 Å². The van der Waals surface area contributed by atoms with Gasteiger partial charge in [0.15, 0.2) is 5.78 Å². The molecule has 0 N–H and O–H groups in total. The average Bonchev–Trinajstić information content (AvgIpc) is 2.26. The highest BCUT2D eigenvalue weighted by molar-refractivity contribution is 7.89. The zero-order chi connectivity index (χ0) is 12.2. The molecule has 0 aliphatic carbocycles. The molecule has 0 radical (unpaired) electrons. The van der Waals surface area contributed by atoms with Gasteiger partial charge in [-0.25, -0.2) is 8.42 Å². The molecule has 0 spiro atoms. The van der Waals surface area contributed by atoms with Crippen LogP contribution in [-0.4, -0.2) is 31.9 Å². The lowest BCUT2D eigenvalue weighted by atomic mass is 10.1. The van der Waals surface area contributed by atoms with Crippen molar-refractivity contribution in [1.82, 2.24) is 5.16 Å². The summed E-state index contributed by atoms with van der Waals surface area (Å²) in [6, 6.07) is 0. The zero-order valence-corrected chi connectivity index (χ0v) is 10.3. The standard InChI is InChI=1S/C7H9NO2.C2H6O2S/c1-4-7(5(2)9)6(3)10-8-4;1-5(2,3)4/h1-3H3;1-2H3. The molecule has 0 unspecified atom stereocenters. The summed E-state index contributed by atoms with van der Waals surface area (Å²) in [5, 5.41) is 3.64. The molecule has 0 aliphatic heterocycles. The van der Waals surface area contributed by atoms with Gasteiger partial charge in [-0.15, -0.1) is 0 Å². The minimum Gasteiger partial charge on any atom is -0.361 e. The van der Waals surface area contributed by atoms with Crippen molar-refractivity contribution in [3.05, 3.63) is 17.0 Å². The first-order chi connectivity index (χ1) is 6.63. The van der Waals surface area contributed by atoms with Gasteiger partial charge in [0.25, 0.3) is 0 Å². The van der Waals surface area contributed by atoms with Crippen molar-refractivity contribution >= 4 is 15.6 Å². The van der Waals surface area contributed by atoms with Gasteiger partial charge in [0.2, 0.25) is 0 Å². The van der Waals surface area contributed by atoms with Gasteiger partial charge in [-0.3, -0.25) is 4.79 Å². The molecule has 0 saturated carbocycles. The maximum Gasteiger partial charge on any atom is 0.165 e. The molecule has 86 valence electrons. The van der Waals surface area contributed by atoms with E-state index in [9.17, 15) is 13.2 Å². The Balaban J connectivity index is 0.000000336. The molecule has 0 aromatic carbocycles. The predicted octanol–water partition coefficient (Wildman–Crippen LogP) is 1.15. The van der Waals surface area contributed by atoms with Crippen molar-refractivity contribution < 1.29 is 17.7 Å². The van der Waals surface area contributed by atoms with Crippen molar-refractivity contribution in [2.24, 2.45) is 0 Å². The molecule has 6 heteroatoms. The molecule has 1 aromatic heterocycles. The number of carbonyl (C=O) groups is 1. The van der Waals surface area contributed by atoms with Crippen molar-refractivity contribution in [1.29, 1.82) is 0 Å². The fourth-order valence-corrected chi connectivity index (χ4v) is 0.986. The maximum atomic E-state index is 10.8. The van der Waals surface area contributed by atoms with Gasteiger partial charge in [-0.2, -0.15) is 0 Å². The Morgan fingerprint density at radius 3 is 1.80 bits per heavy atom. The van der Waals surface area contributed by atoms with E-state index in [1.807, 2.05) is 0 Å². The maximum absolute atomic E-state index is 10.8. The lowest BCUT2D eigenvalue weighted by molar-refractivity contribution is 0.101. The van der Waals surface area contributed by atoms with Crippen molar-refractivity contribution in [3.63, 3.8) is 0 Å². The monoisotopic (exact) mass is 233 g/mol. The molecule has 0 atom stereocenters. The van der Waals surface area contributed by atoms with Gasteiger partial charge in [-0.1, -0.05) is 5.16 Å². The topological polar surface area (TPSA) is 77.2 Å². The van der Waals surface area contributed by atoms with E-state index in [0.717, 1.165) is 12.5 Å². The van der Waals surface area contributed by atoms with Crippen LogP contribution >= 0.6 is 0 Å². The third-order valence-electron chi connectivity index (χ3n) is 1.39. The number of carbonyl (C=O) groups excluding carboxylic acids is 1. The van der Waals surface area contributed by atoms with Crippen LogP contribution in [0.3, 0.4) is 0 Å². The number of hydrogen-bond acceptors (Lipinski definition) is 5. The SMILES string of the molecule is CC(=O)c1c(C)noc1C.CS(C)(=O)=O. The van der Waals surface area contributed by atoms with Crippen LogP contribution in [0.5, 0.6) is 0 Å². The third kappa shape index (κ3) is 6.01. The van der Waals surface area contributed by atoms with E-state index in [1.165, 1.54) is 6.92 Å². The molecule has 1 aromatic rings. The van der Waals surface area contributed by atoms with Gasteiger partial charge in [0, 0.05) is 12.5 Å². The summed E-state index contributed by atoms with van der Waals surface area (Å²) in [6.07, 6.45) is 2.32. The second-order valence-corrected chi connectivity index (χ2v) is 5.68. The van der Waals surface area contributed by atoms with Crippen LogP contribution in [0.15, 0.2) is 4.52 Å². The first-order valence-electron chi connectivity index (χ1n) is 4.21. The number of hydrogen-bond donors (Lipinski definition) is 0. The van der Waals surface area contributed by atoms with Crippen LogP contribution in [0.1, 0.15) is 28.7 Å². The smallest absolute Gasteiger partial charge is 0.165 e. The van der Waals surface area contributed by atoms with Crippen molar-refractivity contribution in [2.45, 2.75) is 20.8 Å². The van der Waals surface area contributed by atoms with Crippen LogP contribution in [0.2, 0.25) is 0 Å². The zero-order valence-electron chi connectivity index (χ0n) is 9.49. The van der Waals surface area contributed by atoms with Gasteiger partial charge in [0.1, 0.15) is 15.6 Å². The molecule has 0 amide bonds. The number of aryl methyl sites for hydroxylation is 2. The minimum absolute atomic E-state index is 0.0104. The van der Waals surface area contributed by atoms with Gasteiger partial charge in [0.05, 0.1) is 11.3 Å². The van der Waals surface area contributed by atoms with Gasteiger partial charge in [-0.05, 0) is 20.8 Å². The number of Topliss-reactive ketones (excluding diaryl/α,β-unsaturated/α-hetero) is 1. The highest BCUT2D eigenvalue weighted by Gasteiger charge is 2.12. The van der Waals surface area contributed by atoms with Gasteiger partial charge >= 0.3 is 0 Å². The molecule has 0 aliphatic rings. The highest BCUT2D eigenvalue weighted by atomic mass is 32.2. The largest absolute Gasteiger partial charge is 0.361 e. The van der Waals surface area contributed by atoms with E-state index in [1.54, 1.807) is 13.8 Å². The fraction of sp³-hybridized carbons (Fsp3) is 0.556. The number of ketones is 1. The summed E-state index contributed by atoms with van der Waals surface area (Å²) in [7, 11) is -2.67. The Bertz CT molecular complexity index is 417. The van der Waals surface area contributed by atoms with Crippen LogP contribution in [-0.2, 0) is 9.84 Å². The quantitative estimate of drug-likeness (QED) is 0.680. The average molecular weight is 233 g/mol. The first kappa shape index (κ1) is 13.8. The normalized spacial score (nSPS) is 10.5. The van der Waals surface area contributed by atoms with E-state index < -0.39 is 9.84 Å². The number of rotatable bonds is 1. The first-order valence-corrected chi connectivity index (χ1v) is 6.51. The second kappa shape index (κ2) is 5.06. The van der Waals surface area contributed by atoms with Crippen LogP contribution < -0.4 is 0 Å². The second-order valence-electron chi connectivity index (χ2n) is 3.40. The van der Waals surface area contributed by atoms with Crippen LogP contribution in [0.25, 0.3) is 0 Å². The van der Waals surface area contributed by atoms with Gasteiger partial charge < -0.3 is 4.52 Å².